The Balaban J connectivity index is 1.86. The number of hydrogen-bond donors (Lipinski definition) is 2. The summed E-state index contributed by atoms with van der Waals surface area (Å²) >= 11 is 0. The van der Waals surface area contributed by atoms with Crippen LogP contribution in [0.3, 0.4) is 0 Å². The zero-order chi connectivity index (χ0) is 20.8. The summed E-state index contributed by atoms with van der Waals surface area (Å²) in [6.07, 6.45) is 1.51. The third-order valence-electron chi connectivity index (χ3n) is 4.45. The fraction of sp³-hybridized carbons (Fsp3) is 0.273. The third kappa shape index (κ3) is 4.68. The Kier molecular flexibility index (Phi) is 6.39. The van der Waals surface area contributed by atoms with E-state index in [4.69, 9.17) is 14.2 Å². The van der Waals surface area contributed by atoms with Crippen molar-refractivity contribution < 1.29 is 14.2 Å². The van der Waals surface area contributed by atoms with Crippen LogP contribution in [0.15, 0.2) is 48.8 Å². The molecule has 1 aromatic heterocycles. The first-order valence-corrected chi connectivity index (χ1v) is 9.30. The topological polar surface area (TPSA) is 77.5 Å². The van der Waals surface area contributed by atoms with Gasteiger partial charge in [-0.25, -0.2) is 9.97 Å². The summed E-state index contributed by atoms with van der Waals surface area (Å²) < 4.78 is 16.2. The lowest BCUT2D eigenvalue weighted by atomic mass is 10.0. The number of ether oxygens (including phenoxy) is 3. The maximum Gasteiger partial charge on any atom is 0.203 e. The fourth-order valence-corrected chi connectivity index (χ4v) is 3.05. The van der Waals surface area contributed by atoms with E-state index in [9.17, 15) is 0 Å². The summed E-state index contributed by atoms with van der Waals surface area (Å²) in [7, 11) is 4.74. The van der Waals surface area contributed by atoms with Gasteiger partial charge in [-0.15, -0.1) is 0 Å². The number of benzene rings is 2. The molecular formula is C22H26N4O3. The average molecular weight is 394 g/mol. The van der Waals surface area contributed by atoms with Crippen molar-refractivity contribution in [1.29, 1.82) is 0 Å². The summed E-state index contributed by atoms with van der Waals surface area (Å²) in [4.78, 5) is 8.65. The normalized spacial score (nSPS) is 10.6. The number of methoxy groups -OCH3 is 3. The highest BCUT2D eigenvalue weighted by atomic mass is 16.5. The van der Waals surface area contributed by atoms with Gasteiger partial charge >= 0.3 is 0 Å². The van der Waals surface area contributed by atoms with Crippen molar-refractivity contribution in [2.45, 2.75) is 19.8 Å². The molecule has 0 unspecified atom stereocenters. The van der Waals surface area contributed by atoms with E-state index in [1.165, 1.54) is 11.9 Å². The van der Waals surface area contributed by atoms with Crippen LogP contribution in [0.5, 0.6) is 17.2 Å². The van der Waals surface area contributed by atoms with Gasteiger partial charge in [0.25, 0.3) is 0 Å². The lowest BCUT2D eigenvalue weighted by molar-refractivity contribution is 0.324. The van der Waals surface area contributed by atoms with Crippen LogP contribution < -0.4 is 24.8 Å². The molecule has 29 heavy (non-hydrogen) atoms. The first-order valence-electron chi connectivity index (χ1n) is 9.30. The van der Waals surface area contributed by atoms with E-state index in [1.54, 1.807) is 21.3 Å². The summed E-state index contributed by atoms with van der Waals surface area (Å²) in [5.74, 6) is 3.40. The van der Waals surface area contributed by atoms with Crippen LogP contribution in [0.1, 0.15) is 25.3 Å². The number of para-hydroxylation sites is 1. The molecule has 1 heterocycles. The number of rotatable bonds is 8. The van der Waals surface area contributed by atoms with Crippen molar-refractivity contribution in [2.75, 3.05) is 32.0 Å². The van der Waals surface area contributed by atoms with Crippen LogP contribution in [0.2, 0.25) is 0 Å². The average Bonchev–Trinajstić information content (AvgIpc) is 2.73. The number of aromatic nitrogens is 2. The van der Waals surface area contributed by atoms with E-state index >= 15 is 0 Å². The molecule has 0 saturated carbocycles. The van der Waals surface area contributed by atoms with Crippen LogP contribution >= 0.6 is 0 Å². The smallest absolute Gasteiger partial charge is 0.203 e. The molecule has 7 nitrogen and oxygen atoms in total. The Labute approximate surface area is 171 Å². The molecule has 0 saturated heterocycles. The maximum absolute atomic E-state index is 5.41. The molecule has 0 aliphatic rings. The van der Waals surface area contributed by atoms with Gasteiger partial charge in [0.1, 0.15) is 18.0 Å². The number of nitrogens with one attached hydrogen (secondary N) is 2. The lowest BCUT2D eigenvalue weighted by Gasteiger charge is -2.16. The molecule has 0 radical (unpaired) electrons. The van der Waals surface area contributed by atoms with Gasteiger partial charge in [0, 0.05) is 29.6 Å². The molecule has 0 fully saturated rings. The fourth-order valence-electron chi connectivity index (χ4n) is 3.05. The molecule has 0 aliphatic heterocycles. The summed E-state index contributed by atoms with van der Waals surface area (Å²) in [5.41, 5.74) is 3.01. The van der Waals surface area contributed by atoms with Gasteiger partial charge in [-0.2, -0.15) is 0 Å². The zero-order valence-electron chi connectivity index (χ0n) is 17.3. The number of anilines is 4. The summed E-state index contributed by atoms with van der Waals surface area (Å²) in [6.45, 7) is 4.33. The van der Waals surface area contributed by atoms with Gasteiger partial charge in [0.2, 0.25) is 5.75 Å². The molecule has 0 atom stereocenters. The van der Waals surface area contributed by atoms with E-state index in [0.29, 0.717) is 34.8 Å². The molecule has 152 valence electrons. The molecule has 0 bridgehead atoms. The zero-order valence-corrected chi connectivity index (χ0v) is 17.3. The quantitative estimate of drug-likeness (QED) is 0.549. The summed E-state index contributed by atoms with van der Waals surface area (Å²) in [5, 5.41) is 6.64. The molecular weight excluding hydrogens is 368 g/mol. The van der Waals surface area contributed by atoms with E-state index in [-0.39, 0.29) is 0 Å². The van der Waals surface area contributed by atoms with Crippen LogP contribution in [-0.4, -0.2) is 31.3 Å². The molecule has 0 amide bonds. The van der Waals surface area contributed by atoms with Crippen molar-refractivity contribution in [3.05, 3.63) is 54.4 Å². The van der Waals surface area contributed by atoms with E-state index in [0.717, 1.165) is 11.4 Å². The van der Waals surface area contributed by atoms with Gasteiger partial charge in [-0.05, 0) is 17.5 Å². The highest BCUT2D eigenvalue weighted by Gasteiger charge is 2.14. The molecule has 7 heteroatoms. The van der Waals surface area contributed by atoms with Gasteiger partial charge in [0.05, 0.1) is 21.3 Å². The Bertz CT molecular complexity index is 951. The van der Waals surface area contributed by atoms with Crippen molar-refractivity contribution >= 4 is 23.0 Å². The first-order chi connectivity index (χ1) is 14.0. The molecule has 3 rings (SSSR count). The van der Waals surface area contributed by atoms with Crippen LogP contribution in [0, 0.1) is 0 Å². The third-order valence-corrected chi connectivity index (χ3v) is 4.45. The predicted molar refractivity (Wildman–Crippen MR) is 115 cm³/mol. The van der Waals surface area contributed by atoms with Crippen molar-refractivity contribution in [2.24, 2.45) is 0 Å². The van der Waals surface area contributed by atoms with Crippen LogP contribution in [0.25, 0.3) is 0 Å². The Hall–Kier alpha value is -3.48. The largest absolute Gasteiger partial charge is 0.493 e. The molecule has 2 N–H and O–H groups in total. The molecule has 0 spiro atoms. The summed E-state index contributed by atoms with van der Waals surface area (Å²) in [6, 6.07) is 13.7. The minimum absolute atomic E-state index is 0.400. The van der Waals surface area contributed by atoms with Gasteiger partial charge in [-0.3, -0.25) is 0 Å². The van der Waals surface area contributed by atoms with E-state index in [1.807, 2.05) is 36.4 Å². The predicted octanol–water partition coefficient (Wildman–Crippen LogP) is 5.11. The SMILES string of the molecule is COc1cc(Nc2cc(Nc3ccccc3C(C)C)ncn2)cc(OC)c1OC. The molecule has 3 aromatic rings. The monoisotopic (exact) mass is 394 g/mol. The van der Waals surface area contributed by atoms with Crippen molar-refractivity contribution in [3.63, 3.8) is 0 Å². The van der Waals surface area contributed by atoms with Gasteiger partial charge < -0.3 is 24.8 Å². The van der Waals surface area contributed by atoms with Crippen molar-refractivity contribution in [1.82, 2.24) is 9.97 Å². The minimum atomic E-state index is 0.400. The molecule has 2 aromatic carbocycles. The van der Waals surface area contributed by atoms with Crippen LogP contribution in [0.4, 0.5) is 23.0 Å². The molecule has 0 aliphatic carbocycles. The van der Waals surface area contributed by atoms with Crippen LogP contribution in [-0.2, 0) is 0 Å². The second-order valence-corrected chi connectivity index (χ2v) is 6.69. The van der Waals surface area contributed by atoms with Gasteiger partial charge in [-0.1, -0.05) is 32.0 Å². The highest BCUT2D eigenvalue weighted by molar-refractivity contribution is 5.69. The Morgan fingerprint density at radius 3 is 2.00 bits per heavy atom. The Morgan fingerprint density at radius 1 is 0.793 bits per heavy atom. The van der Waals surface area contributed by atoms with E-state index < -0.39 is 0 Å². The number of hydrogen-bond acceptors (Lipinski definition) is 7. The standard InChI is InChI=1S/C22H26N4O3/c1-14(2)16-8-6-7-9-17(16)26-21-12-20(23-13-24-21)25-15-10-18(27-3)22(29-5)19(11-15)28-4/h6-14H,1-5H3,(H2,23,24,25,26). The minimum Gasteiger partial charge on any atom is -0.493 e. The first kappa shape index (κ1) is 20.3. The number of nitrogens with zero attached hydrogens (tertiary/aromatic N) is 2. The Morgan fingerprint density at radius 2 is 1.41 bits per heavy atom. The lowest BCUT2D eigenvalue weighted by Crippen LogP contribution is -2.02. The maximum atomic E-state index is 5.41. The highest BCUT2D eigenvalue weighted by Crippen LogP contribution is 2.40. The van der Waals surface area contributed by atoms with E-state index in [2.05, 4.69) is 40.5 Å². The second kappa shape index (κ2) is 9.14. The van der Waals surface area contributed by atoms with Crippen molar-refractivity contribution in [3.8, 4) is 17.2 Å². The van der Waals surface area contributed by atoms with Gasteiger partial charge in [0.15, 0.2) is 11.5 Å². The second-order valence-electron chi connectivity index (χ2n) is 6.69.